The molecular formula is C18H18O2. The molecule has 0 spiro atoms. The minimum atomic E-state index is 0.830. The highest BCUT2D eigenvalue weighted by atomic mass is 16.5. The second-order valence-corrected chi connectivity index (χ2v) is 5.30. The Kier molecular flexibility index (Phi) is 3.55. The van der Waals surface area contributed by atoms with Crippen molar-refractivity contribution in [1.29, 1.82) is 0 Å². The van der Waals surface area contributed by atoms with Gasteiger partial charge in [0, 0.05) is 5.56 Å². The first-order valence-corrected chi connectivity index (χ1v) is 7.03. The van der Waals surface area contributed by atoms with Crippen LogP contribution in [0.25, 0.3) is 0 Å². The average molecular weight is 266 g/mol. The number of rotatable bonds is 2. The molecule has 20 heavy (non-hydrogen) atoms. The fourth-order valence-electron chi connectivity index (χ4n) is 2.85. The highest BCUT2D eigenvalue weighted by molar-refractivity contribution is 5.77. The zero-order chi connectivity index (χ0) is 13.9. The topological polar surface area (TPSA) is 26.3 Å². The summed E-state index contributed by atoms with van der Waals surface area (Å²) >= 11 is 0. The number of aryl methyl sites for hydroxylation is 4. The SMILES string of the molecule is COc1cc2ccc1CCc1ccc(cc1C=O)CC2. The molecule has 0 N–H and O–H groups in total. The van der Waals surface area contributed by atoms with E-state index in [1.54, 1.807) is 7.11 Å². The molecule has 2 aromatic carbocycles. The molecule has 0 aliphatic heterocycles. The third kappa shape index (κ3) is 2.46. The first-order valence-electron chi connectivity index (χ1n) is 7.03. The fourth-order valence-corrected chi connectivity index (χ4v) is 2.85. The van der Waals surface area contributed by atoms with Gasteiger partial charge in [-0.3, -0.25) is 4.79 Å². The number of benzene rings is 2. The van der Waals surface area contributed by atoms with E-state index < -0.39 is 0 Å². The van der Waals surface area contributed by atoms with Crippen molar-refractivity contribution in [2.45, 2.75) is 25.7 Å². The predicted octanol–water partition coefficient (Wildman–Crippen LogP) is 3.39. The predicted molar refractivity (Wildman–Crippen MR) is 79.6 cm³/mol. The summed E-state index contributed by atoms with van der Waals surface area (Å²) in [5, 5.41) is 0. The Bertz CT molecular complexity index is 644. The van der Waals surface area contributed by atoms with Crippen molar-refractivity contribution in [1.82, 2.24) is 0 Å². The van der Waals surface area contributed by atoms with E-state index in [0.29, 0.717) is 0 Å². The Morgan fingerprint density at radius 2 is 1.55 bits per heavy atom. The van der Waals surface area contributed by atoms with E-state index in [1.807, 2.05) is 6.07 Å². The highest BCUT2D eigenvalue weighted by Crippen LogP contribution is 2.25. The van der Waals surface area contributed by atoms with Crippen LogP contribution >= 0.6 is 0 Å². The van der Waals surface area contributed by atoms with E-state index >= 15 is 0 Å². The highest BCUT2D eigenvalue weighted by Gasteiger charge is 2.10. The Morgan fingerprint density at radius 1 is 0.900 bits per heavy atom. The van der Waals surface area contributed by atoms with E-state index in [2.05, 4.69) is 30.3 Å². The molecule has 2 heteroatoms. The van der Waals surface area contributed by atoms with Crippen LogP contribution in [-0.4, -0.2) is 13.4 Å². The summed E-state index contributed by atoms with van der Waals surface area (Å²) in [4.78, 5) is 11.2. The first-order chi connectivity index (χ1) is 9.80. The maximum Gasteiger partial charge on any atom is 0.150 e. The fraction of sp³-hybridized carbons (Fsp3) is 0.278. The van der Waals surface area contributed by atoms with Crippen LogP contribution in [0.15, 0.2) is 36.4 Å². The summed E-state index contributed by atoms with van der Waals surface area (Å²) < 4.78 is 5.50. The van der Waals surface area contributed by atoms with Gasteiger partial charge in [0.05, 0.1) is 7.11 Å². The molecule has 4 aliphatic carbocycles. The van der Waals surface area contributed by atoms with Gasteiger partial charge in [0.15, 0.2) is 0 Å². The Hall–Kier alpha value is -2.09. The number of aldehydes is 1. The lowest BCUT2D eigenvalue weighted by Crippen LogP contribution is -2.03. The lowest BCUT2D eigenvalue weighted by Gasteiger charge is -2.14. The van der Waals surface area contributed by atoms with E-state index in [0.717, 1.165) is 48.8 Å². The zero-order valence-corrected chi connectivity index (χ0v) is 11.7. The monoisotopic (exact) mass is 266 g/mol. The van der Waals surface area contributed by atoms with Crippen LogP contribution in [0.4, 0.5) is 0 Å². The molecule has 2 aromatic rings. The van der Waals surface area contributed by atoms with Crippen molar-refractivity contribution >= 4 is 6.29 Å². The summed E-state index contributed by atoms with van der Waals surface area (Å²) in [6.45, 7) is 0. The van der Waals surface area contributed by atoms with Gasteiger partial charge in [0.1, 0.15) is 12.0 Å². The molecular weight excluding hydrogens is 248 g/mol. The molecule has 0 amide bonds. The number of hydrogen-bond acceptors (Lipinski definition) is 2. The summed E-state index contributed by atoms with van der Waals surface area (Å²) in [7, 11) is 1.72. The standard InChI is InChI=1S/C18H18O2/c1-20-18-11-14-3-2-13-4-6-15(17(10-13)12-19)8-9-16(18)7-5-14/h4-7,10-12H,2-3,8-9H2,1H3. The van der Waals surface area contributed by atoms with Crippen molar-refractivity contribution in [3.63, 3.8) is 0 Å². The lowest BCUT2D eigenvalue weighted by molar-refractivity contribution is 0.112. The van der Waals surface area contributed by atoms with Crippen LogP contribution in [0, 0.1) is 0 Å². The van der Waals surface area contributed by atoms with E-state index in [9.17, 15) is 4.79 Å². The summed E-state index contributed by atoms with van der Waals surface area (Å²) in [5.74, 6) is 0.963. The molecule has 2 nitrogen and oxygen atoms in total. The third-order valence-corrected chi connectivity index (χ3v) is 4.05. The second-order valence-electron chi connectivity index (χ2n) is 5.30. The van der Waals surface area contributed by atoms with E-state index in [4.69, 9.17) is 4.74 Å². The van der Waals surface area contributed by atoms with E-state index in [-0.39, 0.29) is 0 Å². The molecule has 0 unspecified atom stereocenters. The molecule has 4 bridgehead atoms. The number of hydrogen-bond donors (Lipinski definition) is 0. The van der Waals surface area contributed by atoms with Gasteiger partial charge in [0.25, 0.3) is 0 Å². The molecule has 0 saturated heterocycles. The molecule has 6 rings (SSSR count). The minimum Gasteiger partial charge on any atom is -0.496 e. The molecule has 102 valence electrons. The number of ether oxygens (including phenoxy) is 1. The quantitative estimate of drug-likeness (QED) is 0.779. The van der Waals surface area contributed by atoms with Crippen LogP contribution in [0.5, 0.6) is 5.75 Å². The number of carbonyl (C=O) groups is 1. The minimum absolute atomic E-state index is 0.830. The van der Waals surface area contributed by atoms with Gasteiger partial charge in [-0.05, 0) is 60.1 Å². The largest absolute Gasteiger partial charge is 0.496 e. The van der Waals surface area contributed by atoms with Crippen LogP contribution in [-0.2, 0) is 25.7 Å². The van der Waals surface area contributed by atoms with Crippen molar-refractivity contribution in [2.75, 3.05) is 7.11 Å². The molecule has 0 heterocycles. The normalized spacial score (nSPS) is 13.7. The van der Waals surface area contributed by atoms with Crippen LogP contribution < -0.4 is 4.74 Å². The van der Waals surface area contributed by atoms with Gasteiger partial charge < -0.3 is 4.74 Å². The van der Waals surface area contributed by atoms with Crippen molar-refractivity contribution in [3.8, 4) is 5.75 Å². The maximum absolute atomic E-state index is 11.2. The maximum atomic E-state index is 11.2. The third-order valence-electron chi connectivity index (χ3n) is 4.05. The van der Waals surface area contributed by atoms with Crippen LogP contribution in [0.1, 0.15) is 32.6 Å². The number of methoxy groups -OCH3 is 1. The van der Waals surface area contributed by atoms with E-state index in [1.165, 1.54) is 16.7 Å². The lowest BCUT2D eigenvalue weighted by atomic mass is 9.93. The smallest absolute Gasteiger partial charge is 0.150 e. The molecule has 0 saturated carbocycles. The molecule has 0 fully saturated rings. The van der Waals surface area contributed by atoms with Gasteiger partial charge >= 0.3 is 0 Å². The van der Waals surface area contributed by atoms with Crippen molar-refractivity contribution < 1.29 is 9.53 Å². The van der Waals surface area contributed by atoms with Gasteiger partial charge in [0.2, 0.25) is 0 Å². The van der Waals surface area contributed by atoms with Gasteiger partial charge in [-0.15, -0.1) is 0 Å². The van der Waals surface area contributed by atoms with Gasteiger partial charge in [-0.1, -0.05) is 24.3 Å². The van der Waals surface area contributed by atoms with Crippen molar-refractivity contribution in [3.05, 3.63) is 64.2 Å². The summed E-state index contributed by atoms with van der Waals surface area (Å²) in [6, 6.07) is 12.8. The Balaban J connectivity index is 2.04. The first kappa shape index (κ1) is 12.9. The zero-order valence-electron chi connectivity index (χ0n) is 11.7. The van der Waals surface area contributed by atoms with Gasteiger partial charge in [-0.25, -0.2) is 0 Å². The Morgan fingerprint density at radius 3 is 2.25 bits per heavy atom. The Labute approximate surface area is 119 Å². The van der Waals surface area contributed by atoms with Crippen molar-refractivity contribution in [2.24, 2.45) is 0 Å². The average Bonchev–Trinajstić information content (AvgIpc) is 2.49. The van der Waals surface area contributed by atoms with Crippen LogP contribution in [0.2, 0.25) is 0 Å². The van der Waals surface area contributed by atoms with Gasteiger partial charge in [-0.2, -0.15) is 0 Å². The number of carbonyl (C=O) groups excluding carboxylic acids is 1. The molecule has 0 atom stereocenters. The molecule has 0 aromatic heterocycles. The molecule has 4 aliphatic rings. The second kappa shape index (κ2) is 5.49. The van der Waals surface area contributed by atoms with Crippen LogP contribution in [0.3, 0.4) is 0 Å². The molecule has 0 radical (unpaired) electrons. The summed E-state index contributed by atoms with van der Waals surface area (Å²) in [6.07, 6.45) is 4.65. The summed E-state index contributed by atoms with van der Waals surface area (Å²) in [5.41, 5.74) is 5.66.